The molecule has 0 amide bonds. The van der Waals surface area contributed by atoms with Crippen LogP contribution >= 0.6 is 0 Å². The largest absolute Gasteiger partial charge is 0.334 e. The van der Waals surface area contributed by atoms with Gasteiger partial charge in [-0.3, -0.25) is 4.90 Å². The van der Waals surface area contributed by atoms with Gasteiger partial charge in [0, 0.05) is 38.6 Å². The van der Waals surface area contributed by atoms with Gasteiger partial charge in [0.15, 0.2) is 0 Å². The number of benzene rings is 1. The zero-order chi connectivity index (χ0) is 17.9. The summed E-state index contributed by atoms with van der Waals surface area (Å²) in [6.45, 7) is 6.03. The Kier molecular flexibility index (Phi) is 5.51. The minimum absolute atomic E-state index is 0.142. The van der Waals surface area contributed by atoms with E-state index in [1.165, 1.54) is 28.6 Å². The summed E-state index contributed by atoms with van der Waals surface area (Å²) < 4.78 is 42.1. The number of hydrogen-bond acceptors (Lipinski definition) is 4. The highest BCUT2D eigenvalue weighted by Crippen LogP contribution is 2.18. The quantitative estimate of drug-likeness (QED) is 0.811. The fraction of sp³-hybridized carbons (Fsp3) is 0.471. The molecule has 25 heavy (non-hydrogen) atoms. The molecule has 0 N–H and O–H groups in total. The summed E-state index contributed by atoms with van der Waals surface area (Å²) in [5, 5.41) is 0. The van der Waals surface area contributed by atoms with Crippen molar-refractivity contribution in [1.29, 1.82) is 0 Å². The molecule has 6 nitrogen and oxygen atoms in total. The van der Waals surface area contributed by atoms with Crippen molar-refractivity contribution in [3.8, 4) is 0 Å². The minimum Gasteiger partial charge on any atom is -0.334 e. The lowest BCUT2D eigenvalue weighted by molar-refractivity contribution is 0.268. The zero-order valence-corrected chi connectivity index (χ0v) is 15.1. The van der Waals surface area contributed by atoms with Crippen LogP contribution in [0.5, 0.6) is 0 Å². The standard InChI is InChI=1S/C17H23FN4O2S/c1-2-21-11-8-19-17(21)14-20-9-3-10-22(13-12-20)25(23,24)16-6-4-15(18)5-7-16/h4-8,11H,2-3,9-10,12-14H2,1H3. The molecule has 0 bridgehead atoms. The Morgan fingerprint density at radius 2 is 1.88 bits per heavy atom. The number of aromatic nitrogens is 2. The molecule has 0 aliphatic carbocycles. The maximum atomic E-state index is 13.1. The predicted octanol–water partition coefficient (Wildman–Crippen LogP) is 1.94. The summed E-state index contributed by atoms with van der Waals surface area (Å²) in [7, 11) is -3.58. The third kappa shape index (κ3) is 4.08. The van der Waals surface area contributed by atoms with Gasteiger partial charge in [0.2, 0.25) is 10.0 Å². The molecule has 0 radical (unpaired) electrons. The first-order valence-corrected chi connectivity index (χ1v) is 9.93. The molecule has 2 heterocycles. The van der Waals surface area contributed by atoms with E-state index in [1.54, 1.807) is 6.20 Å². The molecule has 0 unspecified atom stereocenters. The molecule has 3 rings (SSSR count). The number of halogens is 1. The number of nitrogens with zero attached hydrogens (tertiary/aromatic N) is 4. The van der Waals surface area contributed by atoms with Crippen molar-refractivity contribution in [2.75, 3.05) is 26.2 Å². The van der Waals surface area contributed by atoms with Gasteiger partial charge in [0.05, 0.1) is 11.4 Å². The molecule has 1 aromatic carbocycles. The summed E-state index contributed by atoms with van der Waals surface area (Å²) >= 11 is 0. The van der Waals surface area contributed by atoms with Gasteiger partial charge in [0.25, 0.3) is 0 Å². The number of aryl methyl sites for hydroxylation is 1. The van der Waals surface area contributed by atoms with Gasteiger partial charge in [-0.25, -0.2) is 17.8 Å². The highest BCUT2D eigenvalue weighted by Gasteiger charge is 2.27. The van der Waals surface area contributed by atoms with Gasteiger partial charge in [-0.1, -0.05) is 0 Å². The number of rotatable bonds is 5. The summed E-state index contributed by atoms with van der Waals surface area (Å²) in [6.07, 6.45) is 4.51. The first kappa shape index (κ1) is 18.0. The van der Waals surface area contributed by atoms with Crippen molar-refractivity contribution in [1.82, 2.24) is 18.8 Å². The third-order valence-corrected chi connectivity index (χ3v) is 6.42. The van der Waals surface area contributed by atoms with E-state index in [0.717, 1.165) is 25.3 Å². The predicted molar refractivity (Wildman–Crippen MR) is 93.0 cm³/mol. The van der Waals surface area contributed by atoms with Gasteiger partial charge >= 0.3 is 0 Å². The van der Waals surface area contributed by atoms with Crippen LogP contribution in [0.3, 0.4) is 0 Å². The Hall–Kier alpha value is -1.77. The topological polar surface area (TPSA) is 58.4 Å². The van der Waals surface area contributed by atoms with E-state index in [1.807, 2.05) is 6.20 Å². The van der Waals surface area contributed by atoms with Crippen LogP contribution in [0.2, 0.25) is 0 Å². The smallest absolute Gasteiger partial charge is 0.243 e. The second-order valence-corrected chi connectivity index (χ2v) is 8.06. The van der Waals surface area contributed by atoms with E-state index in [-0.39, 0.29) is 4.90 Å². The third-order valence-electron chi connectivity index (χ3n) is 4.51. The van der Waals surface area contributed by atoms with E-state index in [2.05, 4.69) is 21.4 Å². The van der Waals surface area contributed by atoms with E-state index in [0.29, 0.717) is 26.2 Å². The SMILES string of the molecule is CCn1ccnc1CN1CCCN(S(=O)(=O)c2ccc(F)cc2)CC1. The molecule has 0 atom stereocenters. The Labute approximate surface area is 147 Å². The zero-order valence-electron chi connectivity index (χ0n) is 14.3. The molecule has 1 aliphatic rings. The van der Waals surface area contributed by atoms with Gasteiger partial charge in [0.1, 0.15) is 11.6 Å². The lowest BCUT2D eigenvalue weighted by Crippen LogP contribution is -2.35. The molecule has 1 saturated heterocycles. The van der Waals surface area contributed by atoms with Crippen LogP contribution in [-0.4, -0.2) is 53.4 Å². The average Bonchev–Trinajstić information content (AvgIpc) is 2.90. The van der Waals surface area contributed by atoms with Crippen LogP contribution in [0.4, 0.5) is 4.39 Å². The highest BCUT2D eigenvalue weighted by molar-refractivity contribution is 7.89. The van der Waals surface area contributed by atoms with E-state index < -0.39 is 15.8 Å². The Morgan fingerprint density at radius 1 is 1.12 bits per heavy atom. The molecule has 8 heteroatoms. The first-order valence-electron chi connectivity index (χ1n) is 8.49. The Bertz CT molecular complexity index is 804. The van der Waals surface area contributed by atoms with Crippen molar-refractivity contribution < 1.29 is 12.8 Å². The van der Waals surface area contributed by atoms with Crippen LogP contribution in [0.15, 0.2) is 41.6 Å². The van der Waals surface area contributed by atoms with Crippen LogP contribution in [0.25, 0.3) is 0 Å². The summed E-state index contributed by atoms with van der Waals surface area (Å²) in [5.74, 6) is 0.560. The Balaban J connectivity index is 1.68. The monoisotopic (exact) mass is 366 g/mol. The van der Waals surface area contributed by atoms with Crippen molar-refractivity contribution >= 4 is 10.0 Å². The minimum atomic E-state index is -3.58. The number of sulfonamides is 1. The van der Waals surface area contributed by atoms with Crippen molar-refractivity contribution in [3.63, 3.8) is 0 Å². The van der Waals surface area contributed by atoms with Gasteiger partial charge < -0.3 is 4.57 Å². The second-order valence-electron chi connectivity index (χ2n) is 6.12. The van der Waals surface area contributed by atoms with E-state index in [9.17, 15) is 12.8 Å². The molecular formula is C17H23FN4O2S. The lowest BCUT2D eigenvalue weighted by atomic mass is 10.4. The molecule has 136 valence electrons. The van der Waals surface area contributed by atoms with Crippen LogP contribution in [-0.2, 0) is 23.1 Å². The van der Waals surface area contributed by atoms with Crippen molar-refractivity contribution in [2.45, 2.75) is 31.3 Å². The van der Waals surface area contributed by atoms with Crippen molar-refractivity contribution in [3.05, 3.63) is 48.3 Å². The second kappa shape index (κ2) is 7.63. The highest BCUT2D eigenvalue weighted by atomic mass is 32.2. The molecular weight excluding hydrogens is 343 g/mol. The van der Waals surface area contributed by atoms with E-state index in [4.69, 9.17) is 0 Å². The molecule has 2 aromatic rings. The molecule has 1 fully saturated rings. The molecule has 1 aliphatic heterocycles. The van der Waals surface area contributed by atoms with Gasteiger partial charge in [-0.05, 0) is 44.2 Å². The Morgan fingerprint density at radius 3 is 2.60 bits per heavy atom. The number of hydrogen-bond donors (Lipinski definition) is 0. The van der Waals surface area contributed by atoms with Gasteiger partial charge in [-0.15, -0.1) is 0 Å². The fourth-order valence-electron chi connectivity index (χ4n) is 3.08. The van der Waals surface area contributed by atoms with Gasteiger partial charge in [-0.2, -0.15) is 4.31 Å². The summed E-state index contributed by atoms with van der Waals surface area (Å²) in [5.41, 5.74) is 0. The molecule has 0 spiro atoms. The maximum absolute atomic E-state index is 13.1. The average molecular weight is 366 g/mol. The summed E-state index contributed by atoms with van der Waals surface area (Å²) in [6, 6.07) is 5.01. The van der Waals surface area contributed by atoms with Crippen molar-refractivity contribution in [2.24, 2.45) is 0 Å². The lowest BCUT2D eigenvalue weighted by Gasteiger charge is -2.21. The normalized spacial score (nSPS) is 17.5. The molecule has 1 aromatic heterocycles. The van der Waals surface area contributed by atoms with Crippen LogP contribution in [0.1, 0.15) is 19.2 Å². The molecule has 0 saturated carbocycles. The number of imidazole rings is 1. The first-order chi connectivity index (χ1) is 12.0. The maximum Gasteiger partial charge on any atom is 0.243 e. The van der Waals surface area contributed by atoms with E-state index >= 15 is 0 Å². The summed E-state index contributed by atoms with van der Waals surface area (Å²) in [4.78, 5) is 6.76. The van der Waals surface area contributed by atoms with Crippen LogP contribution in [0, 0.1) is 5.82 Å². The van der Waals surface area contributed by atoms with Crippen LogP contribution < -0.4 is 0 Å². The fourth-order valence-corrected chi connectivity index (χ4v) is 4.55.